The fraction of sp³-hybridized carbons (Fsp3) is 0.722. The van der Waals surface area contributed by atoms with Crippen LogP contribution in [0.4, 0.5) is 5.88 Å². The number of likely N-dealkylation sites (N-methyl/N-ethyl adjacent to an activating group) is 1. The van der Waals surface area contributed by atoms with Crippen LogP contribution in [0, 0.1) is 0 Å². The minimum absolute atomic E-state index is 0.172. The molecule has 1 saturated heterocycles. The number of carbonyl (C=O) groups is 2. The summed E-state index contributed by atoms with van der Waals surface area (Å²) in [5.41, 5.74) is -0.737. The molecular formula is C18H29N3O5. The molecule has 1 unspecified atom stereocenters. The second-order valence-electron chi connectivity index (χ2n) is 7.80. The summed E-state index contributed by atoms with van der Waals surface area (Å²) in [5, 5.41) is 6.72. The number of hydrogen-bond acceptors (Lipinski definition) is 6. The highest BCUT2D eigenvalue weighted by atomic mass is 16.7. The molecule has 8 heteroatoms. The van der Waals surface area contributed by atoms with Crippen molar-refractivity contribution in [2.45, 2.75) is 64.2 Å². The summed E-state index contributed by atoms with van der Waals surface area (Å²) in [6.07, 6.45) is 3.52. The van der Waals surface area contributed by atoms with E-state index in [1.165, 1.54) is 4.90 Å². The second-order valence-corrected chi connectivity index (χ2v) is 7.80. The normalized spacial score (nSPS) is 18.4. The Labute approximate surface area is 154 Å². The van der Waals surface area contributed by atoms with E-state index in [-0.39, 0.29) is 18.1 Å². The first kappa shape index (κ1) is 20.4. The van der Waals surface area contributed by atoms with Crippen molar-refractivity contribution in [1.29, 1.82) is 0 Å². The molecule has 1 aliphatic heterocycles. The van der Waals surface area contributed by atoms with Gasteiger partial charge >= 0.3 is 0 Å². The van der Waals surface area contributed by atoms with E-state index in [9.17, 15) is 9.59 Å². The first-order chi connectivity index (χ1) is 12.2. The van der Waals surface area contributed by atoms with E-state index in [2.05, 4.69) is 10.5 Å². The molecule has 1 N–H and O–H groups in total. The van der Waals surface area contributed by atoms with Gasteiger partial charge in [-0.2, -0.15) is 0 Å². The highest BCUT2D eigenvalue weighted by Gasteiger charge is 2.33. The van der Waals surface area contributed by atoms with Crippen LogP contribution in [0.5, 0.6) is 0 Å². The van der Waals surface area contributed by atoms with Crippen LogP contribution in [0.3, 0.4) is 0 Å². The van der Waals surface area contributed by atoms with Crippen LogP contribution < -0.4 is 5.32 Å². The van der Waals surface area contributed by atoms with Crippen LogP contribution in [0.25, 0.3) is 0 Å². The summed E-state index contributed by atoms with van der Waals surface area (Å²) < 4.78 is 16.7. The van der Waals surface area contributed by atoms with Crippen LogP contribution in [0.15, 0.2) is 10.6 Å². The molecule has 8 nitrogen and oxygen atoms in total. The zero-order valence-electron chi connectivity index (χ0n) is 16.2. The van der Waals surface area contributed by atoms with E-state index in [0.717, 1.165) is 25.9 Å². The van der Waals surface area contributed by atoms with Crippen molar-refractivity contribution in [1.82, 2.24) is 10.1 Å². The summed E-state index contributed by atoms with van der Waals surface area (Å²) in [5.74, 6) is -0.126. The van der Waals surface area contributed by atoms with Crippen molar-refractivity contribution in [3.63, 3.8) is 0 Å². The predicted octanol–water partition coefficient (Wildman–Crippen LogP) is 2.30. The van der Waals surface area contributed by atoms with E-state index in [0.29, 0.717) is 18.7 Å². The summed E-state index contributed by atoms with van der Waals surface area (Å²) in [6, 6.07) is 1.68. The molecule has 1 aromatic heterocycles. The SMILES string of the molecule is CN(C=O)C(C)(C)C(=O)Nc1cc(C(C)(C)COC2CCCCO2)no1. The van der Waals surface area contributed by atoms with Crippen molar-refractivity contribution in [2.75, 3.05) is 25.6 Å². The minimum Gasteiger partial charge on any atom is -0.353 e. The van der Waals surface area contributed by atoms with Crippen LogP contribution >= 0.6 is 0 Å². The molecule has 0 aromatic carbocycles. The highest BCUT2D eigenvalue weighted by molar-refractivity contribution is 5.97. The zero-order chi connectivity index (χ0) is 19.4. The molecule has 0 radical (unpaired) electrons. The molecule has 0 saturated carbocycles. The Hall–Kier alpha value is -1.93. The number of ether oxygens (including phenoxy) is 2. The molecule has 26 heavy (non-hydrogen) atoms. The molecule has 0 aliphatic carbocycles. The van der Waals surface area contributed by atoms with E-state index in [1.807, 2.05) is 13.8 Å². The number of carbonyl (C=O) groups excluding carboxylic acids is 2. The molecule has 0 bridgehead atoms. The van der Waals surface area contributed by atoms with E-state index in [1.54, 1.807) is 27.0 Å². The number of anilines is 1. The Morgan fingerprint density at radius 2 is 2.15 bits per heavy atom. The zero-order valence-corrected chi connectivity index (χ0v) is 16.2. The molecule has 1 atom stereocenters. The molecular weight excluding hydrogens is 338 g/mol. The van der Waals surface area contributed by atoms with Gasteiger partial charge in [0.05, 0.1) is 12.3 Å². The van der Waals surface area contributed by atoms with Crippen molar-refractivity contribution in [2.24, 2.45) is 0 Å². The number of nitrogens with zero attached hydrogens (tertiary/aromatic N) is 2. The molecule has 0 spiro atoms. The lowest BCUT2D eigenvalue weighted by Gasteiger charge is -2.30. The average Bonchev–Trinajstić information content (AvgIpc) is 3.09. The fourth-order valence-electron chi connectivity index (χ4n) is 2.43. The van der Waals surface area contributed by atoms with E-state index < -0.39 is 11.0 Å². The largest absolute Gasteiger partial charge is 0.353 e. The maximum absolute atomic E-state index is 12.4. The van der Waals surface area contributed by atoms with Gasteiger partial charge in [-0.1, -0.05) is 19.0 Å². The Morgan fingerprint density at radius 3 is 2.77 bits per heavy atom. The first-order valence-electron chi connectivity index (χ1n) is 8.87. The van der Waals surface area contributed by atoms with Crippen molar-refractivity contribution in [3.8, 4) is 0 Å². The lowest BCUT2D eigenvalue weighted by atomic mass is 9.90. The molecule has 146 valence electrons. The van der Waals surface area contributed by atoms with Gasteiger partial charge in [-0.25, -0.2) is 0 Å². The highest BCUT2D eigenvalue weighted by Crippen LogP contribution is 2.27. The molecule has 1 fully saturated rings. The van der Waals surface area contributed by atoms with Gasteiger partial charge in [0.25, 0.3) is 5.91 Å². The van der Waals surface area contributed by atoms with Crippen molar-refractivity contribution >= 4 is 18.2 Å². The van der Waals surface area contributed by atoms with Crippen molar-refractivity contribution < 1.29 is 23.6 Å². The Morgan fingerprint density at radius 1 is 1.42 bits per heavy atom. The van der Waals surface area contributed by atoms with Gasteiger partial charge < -0.3 is 18.9 Å². The lowest BCUT2D eigenvalue weighted by Crippen LogP contribution is -2.50. The second kappa shape index (κ2) is 8.18. The average molecular weight is 367 g/mol. The van der Waals surface area contributed by atoms with Crippen LogP contribution in [-0.2, 0) is 24.5 Å². The molecule has 1 aromatic rings. The summed E-state index contributed by atoms with van der Waals surface area (Å²) in [4.78, 5) is 24.6. The quantitative estimate of drug-likeness (QED) is 0.709. The maximum atomic E-state index is 12.4. The summed E-state index contributed by atoms with van der Waals surface area (Å²) in [7, 11) is 1.55. The lowest BCUT2D eigenvalue weighted by molar-refractivity contribution is -0.170. The van der Waals surface area contributed by atoms with Gasteiger partial charge in [0.15, 0.2) is 6.29 Å². The van der Waals surface area contributed by atoms with Gasteiger partial charge in [0.1, 0.15) is 5.54 Å². The van der Waals surface area contributed by atoms with E-state index >= 15 is 0 Å². The van der Waals surface area contributed by atoms with E-state index in [4.69, 9.17) is 14.0 Å². The number of nitrogens with one attached hydrogen (secondary N) is 1. The molecule has 2 heterocycles. The third kappa shape index (κ3) is 4.82. The Balaban J connectivity index is 1.96. The third-order valence-corrected chi connectivity index (χ3v) is 4.80. The number of amides is 2. The third-order valence-electron chi connectivity index (χ3n) is 4.80. The van der Waals surface area contributed by atoms with Gasteiger partial charge in [-0.05, 0) is 33.1 Å². The Bertz CT molecular complexity index is 620. The van der Waals surface area contributed by atoms with Crippen LogP contribution in [-0.4, -0.2) is 54.5 Å². The van der Waals surface area contributed by atoms with Crippen molar-refractivity contribution in [3.05, 3.63) is 11.8 Å². The topological polar surface area (TPSA) is 93.9 Å². The summed E-state index contributed by atoms with van der Waals surface area (Å²) >= 11 is 0. The standard InChI is InChI=1S/C18H29N3O5/c1-17(2,11-25-15-8-6-7-9-24-15)13-10-14(26-20-13)19-16(23)18(3,4)21(5)12-22/h10,12,15H,6-9,11H2,1-5H3,(H,19,23). The smallest absolute Gasteiger partial charge is 0.252 e. The van der Waals surface area contributed by atoms with Crippen LogP contribution in [0.2, 0.25) is 0 Å². The van der Waals surface area contributed by atoms with Gasteiger partial charge in [-0.3, -0.25) is 14.9 Å². The van der Waals surface area contributed by atoms with Gasteiger partial charge in [-0.15, -0.1) is 0 Å². The summed E-state index contributed by atoms with van der Waals surface area (Å²) in [6.45, 7) is 8.44. The first-order valence-corrected chi connectivity index (χ1v) is 8.87. The van der Waals surface area contributed by atoms with Gasteiger partial charge in [0.2, 0.25) is 12.3 Å². The number of hydrogen-bond donors (Lipinski definition) is 1. The minimum atomic E-state index is -1.01. The number of rotatable bonds is 8. The predicted molar refractivity (Wildman–Crippen MR) is 95.6 cm³/mol. The van der Waals surface area contributed by atoms with Gasteiger partial charge in [0, 0.05) is 25.1 Å². The maximum Gasteiger partial charge on any atom is 0.252 e. The molecule has 2 amide bonds. The van der Waals surface area contributed by atoms with Crippen LogP contribution in [0.1, 0.15) is 52.7 Å². The molecule has 1 aliphatic rings. The Kier molecular flexibility index (Phi) is 6.41. The monoisotopic (exact) mass is 367 g/mol. The number of aromatic nitrogens is 1. The molecule has 2 rings (SSSR count). The fourth-order valence-corrected chi connectivity index (χ4v) is 2.43.